The van der Waals surface area contributed by atoms with Crippen molar-refractivity contribution in [3.8, 4) is 0 Å². The minimum absolute atomic E-state index is 0.0297. The third kappa shape index (κ3) is 4.50. The molecular formula is C16H12ClF2NO3. The lowest BCUT2D eigenvalue weighted by atomic mass is 10.1. The molecule has 2 aromatic carbocycles. The maximum Gasteiger partial charge on any atom is 0.326 e. The fraction of sp³-hybridized carbons (Fsp3) is 0.125. The van der Waals surface area contributed by atoms with Crippen molar-refractivity contribution >= 4 is 23.5 Å². The highest BCUT2D eigenvalue weighted by atomic mass is 35.5. The van der Waals surface area contributed by atoms with E-state index in [9.17, 15) is 23.5 Å². The minimum Gasteiger partial charge on any atom is -0.480 e. The fourth-order valence-corrected chi connectivity index (χ4v) is 2.06. The van der Waals surface area contributed by atoms with Gasteiger partial charge in [-0.15, -0.1) is 0 Å². The molecular weight excluding hydrogens is 328 g/mol. The third-order valence-electron chi connectivity index (χ3n) is 3.14. The van der Waals surface area contributed by atoms with Gasteiger partial charge in [0, 0.05) is 17.0 Å². The fourth-order valence-electron chi connectivity index (χ4n) is 1.94. The second-order valence-corrected chi connectivity index (χ2v) is 5.26. The van der Waals surface area contributed by atoms with Crippen LogP contribution in [0.5, 0.6) is 0 Å². The summed E-state index contributed by atoms with van der Waals surface area (Å²) in [5, 5.41) is 12.0. The summed E-state index contributed by atoms with van der Waals surface area (Å²) in [6, 6.07) is 7.88. The first-order valence-electron chi connectivity index (χ1n) is 6.60. The number of hydrogen-bond donors (Lipinski definition) is 2. The molecule has 0 unspecified atom stereocenters. The van der Waals surface area contributed by atoms with Crippen molar-refractivity contribution in [1.29, 1.82) is 0 Å². The van der Waals surface area contributed by atoms with Crippen LogP contribution in [0.15, 0.2) is 42.5 Å². The molecule has 23 heavy (non-hydrogen) atoms. The summed E-state index contributed by atoms with van der Waals surface area (Å²) < 4.78 is 26.0. The summed E-state index contributed by atoms with van der Waals surface area (Å²) in [6.07, 6.45) is 0.0297. The van der Waals surface area contributed by atoms with Crippen molar-refractivity contribution in [2.75, 3.05) is 0 Å². The van der Waals surface area contributed by atoms with E-state index in [1.807, 2.05) is 0 Å². The number of amides is 1. The molecule has 0 fully saturated rings. The number of halogens is 3. The van der Waals surface area contributed by atoms with E-state index in [0.29, 0.717) is 16.7 Å². The lowest BCUT2D eigenvalue weighted by Crippen LogP contribution is -2.42. The molecule has 0 bridgehead atoms. The van der Waals surface area contributed by atoms with Gasteiger partial charge in [-0.05, 0) is 35.9 Å². The molecule has 1 atom stereocenters. The number of carbonyl (C=O) groups is 2. The number of hydrogen-bond acceptors (Lipinski definition) is 2. The molecule has 2 aromatic rings. The molecule has 0 saturated heterocycles. The summed E-state index contributed by atoms with van der Waals surface area (Å²) in [7, 11) is 0. The molecule has 0 aliphatic rings. The van der Waals surface area contributed by atoms with Gasteiger partial charge in [0.2, 0.25) is 0 Å². The number of carboxylic acids is 1. The van der Waals surface area contributed by atoms with Gasteiger partial charge >= 0.3 is 5.97 Å². The summed E-state index contributed by atoms with van der Waals surface area (Å²) >= 11 is 5.75. The molecule has 120 valence electrons. The quantitative estimate of drug-likeness (QED) is 0.880. The van der Waals surface area contributed by atoms with Crippen molar-refractivity contribution in [3.63, 3.8) is 0 Å². The van der Waals surface area contributed by atoms with Crippen LogP contribution in [0.1, 0.15) is 15.9 Å². The Balaban J connectivity index is 2.12. The number of rotatable bonds is 5. The summed E-state index contributed by atoms with van der Waals surface area (Å²) in [5.41, 5.74) is 0.499. The standard InChI is InChI=1S/C16H12ClF2NO3/c17-11-4-1-9(2-5-11)7-14(16(22)23)20-15(21)10-3-6-12(18)13(19)8-10/h1-6,8,14H,7H2,(H,20,21)(H,22,23)/t14-/m0/s1. The number of nitrogens with one attached hydrogen (secondary N) is 1. The number of carboxylic acid groups (broad SMARTS) is 1. The Kier molecular flexibility index (Phi) is 5.28. The van der Waals surface area contributed by atoms with Gasteiger partial charge in [0.25, 0.3) is 5.91 Å². The Hall–Kier alpha value is -2.47. The molecule has 2 N–H and O–H groups in total. The largest absolute Gasteiger partial charge is 0.480 e. The maximum absolute atomic E-state index is 13.1. The highest BCUT2D eigenvalue weighted by molar-refractivity contribution is 6.30. The Morgan fingerprint density at radius 3 is 2.30 bits per heavy atom. The van der Waals surface area contributed by atoms with E-state index < -0.39 is 29.6 Å². The zero-order valence-corrected chi connectivity index (χ0v) is 12.5. The van der Waals surface area contributed by atoms with Crippen LogP contribution < -0.4 is 5.32 Å². The molecule has 1 amide bonds. The number of carbonyl (C=O) groups excluding carboxylic acids is 1. The number of benzene rings is 2. The first-order valence-corrected chi connectivity index (χ1v) is 6.98. The number of aliphatic carboxylic acids is 1. The van der Waals surface area contributed by atoms with E-state index in [1.165, 1.54) is 0 Å². The molecule has 2 rings (SSSR count). The van der Waals surface area contributed by atoms with E-state index in [-0.39, 0.29) is 12.0 Å². The van der Waals surface area contributed by atoms with Gasteiger partial charge in [0.1, 0.15) is 6.04 Å². The zero-order chi connectivity index (χ0) is 17.0. The van der Waals surface area contributed by atoms with E-state index >= 15 is 0 Å². The first kappa shape index (κ1) is 16.9. The van der Waals surface area contributed by atoms with Crippen molar-refractivity contribution in [1.82, 2.24) is 5.32 Å². The highest BCUT2D eigenvalue weighted by Gasteiger charge is 2.21. The Labute approximate surface area is 135 Å². The van der Waals surface area contributed by atoms with E-state index in [0.717, 1.165) is 12.1 Å². The van der Waals surface area contributed by atoms with E-state index in [2.05, 4.69) is 5.32 Å². The van der Waals surface area contributed by atoms with Crippen molar-refractivity contribution in [3.05, 3.63) is 70.2 Å². The van der Waals surface area contributed by atoms with Crippen LogP contribution in [0, 0.1) is 11.6 Å². The lowest BCUT2D eigenvalue weighted by Gasteiger charge is -2.15. The van der Waals surface area contributed by atoms with E-state index in [1.54, 1.807) is 24.3 Å². The predicted octanol–water partition coefficient (Wildman–Crippen LogP) is 3.04. The van der Waals surface area contributed by atoms with Crippen LogP contribution >= 0.6 is 11.6 Å². The average Bonchev–Trinajstić information content (AvgIpc) is 2.51. The van der Waals surface area contributed by atoms with Gasteiger partial charge in [-0.1, -0.05) is 23.7 Å². The van der Waals surface area contributed by atoms with Gasteiger partial charge < -0.3 is 10.4 Å². The van der Waals surface area contributed by atoms with E-state index in [4.69, 9.17) is 11.6 Å². The topological polar surface area (TPSA) is 66.4 Å². The molecule has 7 heteroatoms. The molecule has 0 aliphatic carbocycles. The van der Waals surface area contributed by atoms with Gasteiger partial charge in [0.05, 0.1) is 0 Å². The SMILES string of the molecule is O=C(N[C@@H](Cc1ccc(Cl)cc1)C(=O)O)c1ccc(F)c(F)c1. The van der Waals surface area contributed by atoms with Crippen LogP contribution in [-0.4, -0.2) is 23.0 Å². The van der Waals surface area contributed by atoms with Crippen molar-refractivity contribution in [2.45, 2.75) is 12.5 Å². The third-order valence-corrected chi connectivity index (χ3v) is 3.39. The molecule has 0 saturated carbocycles. The molecule has 0 aromatic heterocycles. The zero-order valence-electron chi connectivity index (χ0n) is 11.7. The first-order chi connectivity index (χ1) is 10.9. The minimum atomic E-state index is -1.24. The highest BCUT2D eigenvalue weighted by Crippen LogP contribution is 2.12. The van der Waals surface area contributed by atoms with Crippen LogP contribution in [0.4, 0.5) is 8.78 Å². The Bertz CT molecular complexity index is 735. The van der Waals surface area contributed by atoms with Crippen LogP contribution in [0.25, 0.3) is 0 Å². The molecule has 0 spiro atoms. The van der Waals surface area contributed by atoms with Crippen LogP contribution in [0.2, 0.25) is 5.02 Å². The molecule has 0 aliphatic heterocycles. The normalized spacial score (nSPS) is 11.8. The maximum atomic E-state index is 13.1. The summed E-state index contributed by atoms with van der Waals surface area (Å²) in [4.78, 5) is 23.3. The summed E-state index contributed by atoms with van der Waals surface area (Å²) in [5.74, 6) is -4.30. The average molecular weight is 340 g/mol. The smallest absolute Gasteiger partial charge is 0.326 e. The van der Waals surface area contributed by atoms with Crippen LogP contribution in [0.3, 0.4) is 0 Å². The predicted molar refractivity (Wildman–Crippen MR) is 80.4 cm³/mol. The molecule has 4 nitrogen and oxygen atoms in total. The monoisotopic (exact) mass is 339 g/mol. The Morgan fingerprint density at radius 1 is 1.09 bits per heavy atom. The van der Waals surface area contributed by atoms with Gasteiger partial charge in [-0.2, -0.15) is 0 Å². The second-order valence-electron chi connectivity index (χ2n) is 4.82. The van der Waals surface area contributed by atoms with Gasteiger partial charge in [0.15, 0.2) is 11.6 Å². The van der Waals surface area contributed by atoms with Gasteiger partial charge in [-0.3, -0.25) is 4.79 Å². The Morgan fingerprint density at radius 2 is 1.74 bits per heavy atom. The summed E-state index contributed by atoms with van der Waals surface area (Å²) in [6.45, 7) is 0. The van der Waals surface area contributed by atoms with Crippen molar-refractivity contribution < 1.29 is 23.5 Å². The molecule has 0 radical (unpaired) electrons. The lowest BCUT2D eigenvalue weighted by molar-refractivity contribution is -0.139. The van der Waals surface area contributed by atoms with Gasteiger partial charge in [-0.25, -0.2) is 13.6 Å². The second kappa shape index (κ2) is 7.19. The van der Waals surface area contributed by atoms with Crippen LogP contribution in [-0.2, 0) is 11.2 Å². The molecule has 0 heterocycles. The van der Waals surface area contributed by atoms with Crippen molar-refractivity contribution in [2.24, 2.45) is 0 Å².